The molecular weight excluding hydrogens is 211 g/mol. The smallest absolute Gasteiger partial charge is 0.147 e. The molecule has 68 valence electrons. The van der Waals surface area contributed by atoms with Crippen molar-refractivity contribution in [1.82, 2.24) is 8.75 Å². The van der Waals surface area contributed by atoms with Crippen molar-refractivity contribution in [2.75, 3.05) is 0 Å². The highest BCUT2D eigenvalue weighted by Gasteiger charge is 2.15. The number of benzene rings is 1. The molecule has 13 heavy (non-hydrogen) atoms. The number of hydrogen-bond donors (Lipinski definition) is 0. The zero-order chi connectivity index (χ0) is 9.59. The van der Waals surface area contributed by atoms with Crippen LogP contribution in [-0.4, -0.2) is 8.75 Å². The van der Waals surface area contributed by atoms with Gasteiger partial charge in [-0.3, -0.25) is 0 Å². The van der Waals surface area contributed by atoms with Crippen molar-refractivity contribution in [2.24, 2.45) is 0 Å². The summed E-state index contributed by atoms with van der Waals surface area (Å²) in [6.07, 6.45) is 0. The largest absolute Gasteiger partial charge is 0.205 e. The van der Waals surface area contributed by atoms with E-state index < -0.39 is 0 Å². The molecule has 0 saturated carbocycles. The minimum Gasteiger partial charge on any atom is -0.205 e. The van der Waals surface area contributed by atoms with E-state index >= 15 is 0 Å². The van der Waals surface area contributed by atoms with Gasteiger partial charge in [-0.2, -0.15) is 8.75 Å². The lowest BCUT2D eigenvalue weighted by atomic mass is 10.1. The maximum absolute atomic E-state index is 13.4. The van der Waals surface area contributed by atoms with E-state index in [0.717, 1.165) is 11.7 Å². The molecule has 0 saturated heterocycles. The van der Waals surface area contributed by atoms with Crippen molar-refractivity contribution in [2.45, 2.75) is 13.8 Å². The zero-order valence-electron chi connectivity index (χ0n) is 7.06. The Balaban J connectivity index is 3.02. The van der Waals surface area contributed by atoms with Gasteiger partial charge in [0.1, 0.15) is 16.9 Å². The highest BCUT2D eigenvalue weighted by atomic mass is 35.5. The Morgan fingerprint density at radius 1 is 1.15 bits per heavy atom. The van der Waals surface area contributed by atoms with Gasteiger partial charge in [0.2, 0.25) is 0 Å². The Labute approximate surface area is 83.7 Å². The molecule has 0 bridgehead atoms. The molecular formula is C8H6ClFN2S. The van der Waals surface area contributed by atoms with Crippen LogP contribution in [0.1, 0.15) is 11.1 Å². The predicted octanol–water partition coefficient (Wildman–Crippen LogP) is 3.10. The van der Waals surface area contributed by atoms with E-state index in [-0.39, 0.29) is 10.8 Å². The van der Waals surface area contributed by atoms with Crippen molar-refractivity contribution in [1.29, 1.82) is 0 Å². The lowest BCUT2D eigenvalue weighted by Crippen LogP contribution is -1.90. The SMILES string of the molecule is Cc1c(F)c(Cl)c(C)c2nsnc12. The summed E-state index contributed by atoms with van der Waals surface area (Å²) >= 11 is 6.85. The molecule has 0 spiro atoms. The predicted molar refractivity (Wildman–Crippen MR) is 51.9 cm³/mol. The van der Waals surface area contributed by atoms with Crippen LogP contribution >= 0.6 is 23.3 Å². The second-order valence-electron chi connectivity index (χ2n) is 2.84. The van der Waals surface area contributed by atoms with Gasteiger partial charge < -0.3 is 0 Å². The molecule has 1 heterocycles. The summed E-state index contributed by atoms with van der Waals surface area (Å²) in [5.74, 6) is -0.389. The molecule has 0 amide bonds. The Hall–Kier alpha value is -0.740. The molecule has 2 nitrogen and oxygen atoms in total. The minimum atomic E-state index is -0.389. The van der Waals surface area contributed by atoms with Crippen molar-refractivity contribution in [3.8, 4) is 0 Å². The first kappa shape index (κ1) is 8.84. The third-order valence-electron chi connectivity index (χ3n) is 2.05. The molecule has 0 N–H and O–H groups in total. The molecule has 0 aliphatic carbocycles. The molecule has 0 fully saturated rings. The molecule has 0 radical (unpaired) electrons. The third kappa shape index (κ3) is 1.13. The standard InChI is InChI=1S/C8H6ClFN2S/c1-3-5(9)6(10)4(2)8-7(3)11-13-12-8/h1-2H3. The maximum atomic E-state index is 13.4. The van der Waals surface area contributed by atoms with Crippen LogP contribution in [-0.2, 0) is 0 Å². The average Bonchev–Trinajstić information content (AvgIpc) is 2.59. The van der Waals surface area contributed by atoms with E-state index in [1.165, 1.54) is 0 Å². The highest BCUT2D eigenvalue weighted by Crippen LogP contribution is 2.30. The van der Waals surface area contributed by atoms with Crippen LogP contribution in [0.25, 0.3) is 11.0 Å². The van der Waals surface area contributed by atoms with Crippen LogP contribution in [0, 0.1) is 19.7 Å². The van der Waals surface area contributed by atoms with Gasteiger partial charge >= 0.3 is 0 Å². The van der Waals surface area contributed by atoms with Crippen molar-refractivity contribution in [3.63, 3.8) is 0 Å². The fourth-order valence-corrected chi connectivity index (χ4v) is 2.10. The number of hydrogen-bond acceptors (Lipinski definition) is 3. The quantitative estimate of drug-likeness (QED) is 0.676. The molecule has 0 atom stereocenters. The fourth-order valence-electron chi connectivity index (χ4n) is 1.22. The van der Waals surface area contributed by atoms with E-state index in [2.05, 4.69) is 8.75 Å². The monoisotopic (exact) mass is 216 g/mol. The topological polar surface area (TPSA) is 25.8 Å². The molecule has 0 aliphatic heterocycles. The number of nitrogens with zero attached hydrogens (tertiary/aromatic N) is 2. The van der Waals surface area contributed by atoms with Crippen molar-refractivity contribution >= 4 is 34.4 Å². The maximum Gasteiger partial charge on any atom is 0.147 e. The van der Waals surface area contributed by atoms with Gasteiger partial charge in [0, 0.05) is 5.56 Å². The average molecular weight is 217 g/mol. The zero-order valence-corrected chi connectivity index (χ0v) is 8.63. The lowest BCUT2D eigenvalue weighted by Gasteiger charge is -2.03. The summed E-state index contributed by atoms with van der Waals surface area (Å²) in [6.45, 7) is 3.40. The molecule has 0 aliphatic rings. The summed E-state index contributed by atoms with van der Waals surface area (Å²) in [7, 11) is 0. The second kappa shape index (κ2) is 2.89. The Morgan fingerprint density at radius 2 is 1.69 bits per heavy atom. The highest BCUT2D eigenvalue weighted by molar-refractivity contribution is 7.00. The van der Waals surface area contributed by atoms with E-state index in [1.54, 1.807) is 13.8 Å². The molecule has 2 aromatic rings. The van der Waals surface area contributed by atoms with Crippen LogP contribution in [0.2, 0.25) is 5.02 Å². The summed E-state index contributed by atoms with van der Waals surface area (Å²) in [5, 5.41) is 0.151. The molecule has 1 aromatic carbocycles. The van der Waals surface area contributed by atoms with E-state index in [4.69, 9.17) is 11.6 Å². The van der Waals surface area contributed by atoms with Crippen LogP contribution < -0.4 is 0 Å². The fraction of sp³-hybridized carbons (Fsp3) is 0.250. The first-order chi connectivity index (χ1) is 6.13. The minimum absolute atomic E-state index is 0.151. The van der Waals surface area contributed by atoms with Crippen molar-refractivity contribution < 1.29 is 4.39 Å². The summed E-state index contributed by atoms with van der Waals surface area (Å²) < 4.78 is 21.5. The van der Waals surface area contributed by atoms with Crippen LogP contribution in [0.3, 0.4) is 0 Å². The van der Waals surface area contributed by atoms with Crippen molar-refractivity contribution in [3.05, 3.63) is 22.0 Å². The Bertz CT molecular complexity index is 438. The van der Waals surface area contributed by atoms with Gasteiger partial charge in [-0.25, -0.2) is 4.39 Å². The second-order valence-corrected chi connectivity index (χ2v) is 3.75. The molecule has 5 heteroatoms. The van der Waals surface area contributed by atoms with Gasteiger partial charge in [0.25, 0.3) is 0 Å². The summed E-state index contributed by atoms with van der Waals surface area (Å²) in [4.78, 5) is 0. The van der Waals surface area contributed by atoms with Crippen LogP contribution in [0.4, 0.5) is 4.39 Å². The van der Waals surface area contributed by atoms with Crippen LogP contribution in [0.15, 0.2) is 0 Å². The van der Waals surface area contributed by atoms with Gasteiger partial charge in [0.05, 0.1) is 16.8 Å². The molecule has 1 aromatic heterocycles. The summed E-state index contributed by atoms with van der Waals surface area (Å²) in [6, 6.07) is 0. The lowest BCUT2D eigenvalue weighted by molar-refractivity contribution is 0.620. The first-order valence-electron chi connectivity index (χ1n) is 3.69. The Morgan fingerprint density at radius 3 is 2.31 bits per heavy atom. The number of aromatic nitrogens is 2. The van der Waals surface area contributed by atoms with E-state index in [0.29, 0.717) is 22.2 Å². The number of rotatable bonds is 0. The van der Waals surface area contributed by atoms with Gasteiger partial charge in [-0.05, 0) is 19.4 Å². The van der Waals surface area contributed by atoms with E-state index in [1.807, 2.05) is 0 Å². The molecule has 0 unspecified atom stereocenters. The normalized spacial score (nSPS) is 11.1. The van der Waals surface area contributed by atoms with Gasteiger partial charge in [0.15, 0.2) is 0 Å². The first-order valence-corrected chi connectivity index (χ1v) is 4.80. The van der Waals surface area contributed by atoms with Crippen LogP contribution in [0.5, 0.6) is 0 Å². The van der Waals surface area contributed by atoms with Gasteiger partial charge in [-0.15, -0.1) is 0 Å². The van der Waals surface area contributed by atoms with E-state index in [9.17, 15) is 4.39 Å². The number of aryl methyl sites for hydroxylation is 2. The number of fused-ring (bicyclic) bond motifs is 1. The summed E-state index contributed by atoms with van der Waals surface area (Å²) in [5.41, 5.74) is 2.45. The third-order valence-corrected chi connectivity index (χ3v) is 3.03. The molecule has 2 rings (SSSR count). The van der Waals surface area contributed by atoms with Gasteiger partial charge in [-0.1, -0.05) is 11.6 Å². The number of halogens is 2. The Kier molecular flexibility index (Phi) is 1.96.